The van der Waals surface area contributed by atoms with Gasteiger partial charge in [0.05, 0.1) is 13.1 Å². The van der Waals surface area contributed by atoms with Crippen LogP contribution in [0.1, 0.15) is 35.6 Å². The van der Waals surface area contributed by atoms with Gasteiger partial charge in [0.15, 0.2) is 5.76 Å². The first-order valence-corrected chi connectivity index (χ1v) is 8.98. The van der Waals surface area contributed by atoms with E-state index in [4.69, 9.17) is 14.5 Å². The van der Waals surface area contributed by atoms with Gasteiger partial charge in [-0.3, -0.25) is 4.68 Å². The van der Waals surface area contributed by atoms with E-state index in [0.29, 0.717) is 24.7 Å². The molecule has 0 aliphatic heterocycles. The third kappa shape index (κ3) is 3.81. The van der Waals surface area contributed by atoms with Crippen LogP contribution in [0.15, 0.2) is 53.5 Å². The number of benzene rings is 1. The van der Waals surface area contributed by atoms with Crippen LogP contribution in [0.4, 0.5) is 0 Å². The Morgan fingerprint density at radius 1 is 1.07 bits per heavy atom. The third-order valence-corrected chi connectivity index (χ3v) is 4.48. The Hall–Kier alpha value is -3.22. The number of nitrogens with zero attached hydrogens (tertiary/aromatic N) is 6. The largest absolute Gasteiger partial charge is 0.458 e. The molecule has 0 saturated heterocycles. The number of furan rings is 1. The van der Waals surface area contributed by atoms with Gasteiger partial charge in [-0.15, -0.1) is 5.10 Å². The summed E-state index contributed by atoms with van der Waals surface area (Å²) in [5.41, 5.74) is 2.42. The highest BCUT2D eigenvalue weighted by molar-refractivity contribution is 5.46. The fourth-order valence-electron chi connectivity index (χ4n) is 3.05. The maximum atomic E-state index is 5.72. The van der Waals surface area contributed by atoms with Crippen LogP contribution in [0.5, 0.6) is 0 Å². The molecule has 0 N–H and O–H groups in total. The Morgan fingerprint density at radius 2 is 1.89 bits per heavy atom. The lowest BCUT2D eigenvalue weighted by Gasteiger charge is -2.12. The molecule has 0 bridgehead atoms. The first kappa shape index (κ1) is 17.2. The summed E-state index contributed by atoms with van der Waals surface area (Å²) in [7, 11) is 0. The first-order chi connectivity index (χ1) is 13.1. The van der Waals surface area contributed by atoms with Crippen LogP contribution in [0.25, 0.3) is 11.6 Å². The smallest absolute Gasteiger partial charge is 0.217 e. The van der Waals surface area contributed by atoms with Crippen molar-refractivity contribution in [3.05, 3.63) is 71.8 Å². The van der Waals surface area contributed by atoms with Crippen molar-refractivity contribution in [2.45, 2.75) is 39.8 Å². The van der Waals surface area contributed by atoms with E-state index in [0.717, 1.165) is 11.6 Å². The van der Waals surface area contributed by atoms with E-state index in [1.54, 1.807) is 12.7 Å². The molecule has 3 heterocycles. The van der Waals surface area contributed by atoms with Crippen LogP contribution in [0, 0.1) is 13.8 Å². The average Bonchev–Trinajstić information content (AvgIpc) is 3.38. The maximum Gasteiger partial charge on any atom is 0.217 e. The van der Waals surface area contributed by atoms with E-state index in [-0.39, 0.29) is 5.92 Å². The first-order valence-electron chi connectivity index (χ1n) is 8.98. The predicted octanol–water partition coefficient (Wildman–Crippen LogP) is 3.60. The topological polar surface area (TPSA) is 74.6 Å². The zero-order valence-corrected chi connectivity index (χ0v) is 15.7. The van der Waals surface area contributed by atoms with Gasteiger partial charge >= 0.3 is 0 Å². The molecule has 0 amide bonds. The van der Waals surface area contributed by atoms with Crippen molar-refractivity contribution in [1.29, 1.82) is 0 Å². The minimum atomic E-state index is 0.120. The molecule has 0 saturated carbocycles. The molecule has 1 atom stereocenters. The molecule has 0 radical (unpaired) electrons. The highest BCUT2D eigenvalue weighted by Crippen LogP contribution is 2.23. The molecule has 1 unspecified atom stereocenters. The van der Waals surface area contributed by atoms with Gasteiger partial charge < -0.3 is 4.42 Å². The van der Waals surface area contributed by atoms with Crippen LogP contribution in [0.2, 0.25) is 0 Å². The fraction of sp³-hybridized carbons (Fsp3) is 0.300. The summed E-state index contributed by atoms with van der Waals surface area (Å²) in [5, 5.41) is 8.93. The summed E-state index contributed by atoms with van der Waals surface area (Å²) in [4.78, 5) is 8.80. The SMILES string of the molecule is Cc1ccc(Cn2nc(-c3ccc(C)o3)nc2C(C)Cn2cncn2)cc1. The second-order valence-electron chi connectivity index (χ2n) is 6.87. The molecule has 7 nitrogen and oxygen atoms in total. The minimum Gasteiger partial charge on any atom is -0.458 e. The summed E-state index contributed by atoms with van der Waals surface area (Å²) >= 11 is 0. The number of aryl methyl sites for hydroxylation is 2. The normalized spacial score (nSPS) is 12.4. The summed E-state index contributed by atoms with van der Waals surface area (Å²) < 4.78 is 9.49. The number of hydrogen-bond acceptors (Lipinski definition) is 5. The molecule has 4 aromatic rings. The van der Waals surface area contributed by atoms with Gasteiger partial charge in [-0.2, -0.15) is 5.10 Å². The van der Waals surface area contributed by atoms with Gasteiger partial charge in [-0.05, 0) is 31.5 Å². The van der Waals surface area contributed by atoms with Crippen LogP contribution in [-0.2, 0) is 13.1 Å². The molecule has 0 fully saturated rings. The van der Waals surface area contributed by atoms with Gasteiger partial charge in [0, 0.05) is 5.92 Å². The lowest BCUT2D eigenvalue weighted by atomic mass is 10.1. The van der Waals surface area contributed by atoms with Crippen molar-refractivity contribution >= 4 is 0 Å². The predicted molar refractivity (Wildman–Crippen MR) is 101 cm³/mol. The Morgan fingerprint density at radius 3 is 2.56 bits per heavy atom. The van der Waals surface area contributed by atoms with E-state index in [2.05, 4.69) is 48.2 Å². The highest BCUT2D eigenvalue weighted by Gasteiger charge is 2.20. The maximum absolute atomic E-state index is 5.72. The van der Waals surface area contributed by atoms with E-state index in [1.807, 2.05) is 28.4 Å². The second-order valence-corrected chi connectivity index (χ2v) is 6.87. The van der Waals surface area contributed by atoms with Crippen LogP contribution in [-0.4, -0.2) is 29.5 Å². The molecule has 1 aromatic carbocycles. The summed E-state index contributed by atoms with van der Waals surface area (Å²) in [6.45, 7) is 7.46. The zero-order chi connectivity index (χ0) is 18.8. The summed E-state index contributed by atoms with van der Waals surface area (Å²) in [5.74, 6) is 3.15. The lowest BCUT2D eigenvalue weighted by molar-refractivity contribution is 0.494. The molecule has 0 aliphatic rings. The second kappa shape index (κ2) is 7.19. The van der Waals surface area contributed by atoms with Crippen molar-refractivity contribution < 1.29 is 4.42 Å². The highest BCUT2D eigenvalue weighted by atomic mass is 16.3. The molecule has 7 heteroatoms. The van der Waals surface area contributed by atoms with E-state index in [1.165, 1.54) is 11.1 Å². The van der Waals surface area contributed by atoms with Crippen molar-refractivity contribution in [3.63, 3.8) is 0 Å². The zero-order valence-electron chi connectivity index (χ0n) is 15.7. The van der Waals surface area contributed by atoms with Gasteiger partial charge in [0.2, 0.25) is 5.82 Å². The molecule has 3 aromatic heterocycles. The average molecular weight is 362 g/mol. The fourth-order valence-corrected chi connectivity index (χ4v) is 3.05. The summed E-state index contributed by atoms with van der Waals surface area (Å²) in [6.07, 6.45) is 3.26. The van der Waals surface area contributed by atoms with Gasteiger partial charge in [-0.1, -0.05) is 36.8 Å². The molecule has 4 rings (SSSR count). The van der Waals surface area contributed by atoms with Gasteiger partial charge in [-0.25, -0.2) is 14.6 Å². The van der Waals surface area contributed by atoms with Gasteiger partial charge in [0.1, 0.15) is 24.2 Å². The monoisotopic (exact) mass is 362 g/mol. The van der Waals surface area contributed by atoms with Gasteiger partial charge in [0.25, 0.3) is 0 Å². The van der Waals surface area contributed by atoms with Crippen molar-refractivity contribution in [2.24, 2.45) is 0 Å². The van der Waals surface area contributed by atoms with Crippen molar-refractivity contribution in [1.82, 2.24) is 29.5 Å². The Balaban J connectivity index is 1.68. The molecule has 0 spiro atoms. The van der Waals surface area contributed by atoms with E-state index < -0.39 is 0 Å². The number of rotatable bonds is 6. The molecular formula is C20H22N6O. The van der Waals surface area contributed by atoms with E-state index >= 15 is 0 Å². The van der Waals surface area contributed by atoms with Crippen LogP contribution < -0.4 is 0 Å². The quantitative estimate of drug-likeness (QED) is 0.524. The van der Waals surface area contributed by atoms with Crippen LogP contribution in [0.3, 0.4) is 0 Å². The van der Waals surface area contributed by atoms with Crippen molar-refractivity contribution in [2.75, 3.05) is 0 Å². The standard InChI is InChI=1S/C20H22N6O/c1-14-4-7-17(8-5-14)11-26-20(15(2)10-25-13-21-12-22-25)23-19(24-26)18-9-6-16(3)27-18/h4-9,12-13,15H,10-11H2,1-3H3. The molecule has 0 aliphatic carbocycles. The number of aromatic nitrogens is 6. The number of hydrogen-bond donors (Lipinski definition) is 0. The summed E-state index contributed by atoms with van der Waals surface area (Å²) in [6, 6.07) is 12.3. The Labute approximate surface area is 157 Å². The molecule has 27 heavy (non-hydrogen) atoms. The minimum absolute atomic E-state index is 0.120. The van der Waals surface area contributed by atoms with Crippen molar-refractivity contribution in [3.8, 4) is 11.6 Å². The van der Waals surface area contributed by atoms with Crippen LogP contribution >= 0.6 is 0 Å². The molecular weight excluding hydrogens is 340 g/mol. The Bertz CT molecular complexity index is 1010. The molecule has 138 valence electrons. The third-order valence-electron chi connectivity index (χ3n) is 4.48. The lowest BCUT2D eigenvalue weighted by Crippen LogP contribution is -2.14. The van der Waals surface area contributed by atoms with E-state index in [9.17, 15) is 0 Å². The Kier molecular flexibility index (Phi) is 4.58.